The first-order chi connectivity index (χ1) is 9.44. The molecule has 20 heavy (non-hydrogen) atoms. The highest BCUT2D eigenvalue weighted by molar-refractivity contribution is 7.80. The van der Waals surface area contributed by atoms with Crippen LogP contribution < -0.4 is 10.6 Å². The van der Waals surface area contributed by atoms with Gasteiger partial charge in [0, 0.05) is 17.1 Å². The third-order valence-corrected chi connectivity index (χ3v) is 3.33. The van der Waals surface area contributed by atoms with Gasteiger partial charge in [0.25, 0.3) is 0 Å². The number of rotatable bonds is 2. The van der Waals surface area contributed by atoms with Crippen LogP contribution in [0.4, 0.5) is 11.6 Å². The minimum Gasteiger partial charge on any atom is -0.332 e. The Balaban J connectivity index is 2.06. The number of thiocarbonyl (C=S) groups is 1. The van der Waals surface area contributed by atoms with Crippen LogP contribution in [0, 0.1) is 13.8 Å². The molecule has 0 saturated carbocycles. The molecule has 2 rings (SSSR count). The van der Waals surface area contributed by atoms with Crippen LogP contribution >= 0.6 is 35.4 Å². The zero-order valence-electron chi connectivity index (χ0n) is 10.9. The number of hydrogen-bond donors (Lipinski definition) is 2. The van der Waals surface area contributed by atoms with Crippen LogP contribution in [0.1, 0.15) is 11.4 Å². The summed E-state index contributed by atoms with van der Waals surface area (Å²) in [5, 5.41) is 7.26. The summed E-state index contributed by atoms with van der Waals surface area (Å²) in [7, 11) is 0. The largest absolute Gasteiger partial charge is 0.332 e. The van der Waals surface area contributed by atoms with Crippen LogP contribution in [0.25, 0.3) is 0 Å². The molecule has 2 aromatic rings. The first-order valence-corrected chi connectivity index (χ1v) is 6.96. The summed E-state index contributed by atoms with van der Waals surface area (Å²) < 4.78 is 0. The van der Waals surface area contributed by atoms with Crippen molar-refractivity contribution in [3.63, 3.8) is 0 Å². The Morgan fingerprint density at radius 3 is 2.25 bits per heavy atom. The van der Waals surface area contributed by atoms with E-state index in [1.807, 2.05) is 19.9 Å². The highest BCUT2D eigenvalue weighted by Crippen LogP contribution is 2.25. The summed E-state index contributed by atoms with van der Waals surface area (Å²) in [6.07, 6.45) is 0. The van der Waals surface area contributed by atoms with E-state index in [0.717, 1.165) is 17.1 Å². The monoisotopic (exact) mass is 326 g/mol. The highest BCUT2D eigenvalue weighted by atomic mass is 35.5. The van der Waals surface area contributed by atoms with Crippen molar-refractivity contribution >= 4 is 52.2 Å². The molecule has 4 nitrogen and oxygen atoms in total. The van der Waals surface area contributed by atoms with Gasteiger partial charge in [0.15, 0.2) is 5.11 Å². The zero-order valence-corrected chi connectivity index (χ0v) is 13.2. The van der Waals surface area contributed by atoms with E-state index in [1.165, 1.54) is 0 Å². The third kappa shape index (κ3) is 4.03. The van der Waals surface area contributed by atoms with Crippen LogP contribution in [0.3, 0.4) is 0 Å². The molecule has 0 radical (unpaired) electrons. The van der Waals surface area contributed by atoms with E-state index in [1.54, 1.807) is 18.2 Å². The van der Waals surface area contributed by atoms with E-state index in [2.05, 4.69) is 20.6 Å². The number of halogens is 2. The average molecular weight is 327 g/mol. The highest BCUT2D eigenvalue weighted by Gasteiger charge is 2.04. The summed E-state index contributed by atoms with van der Waals surface area (Å²) >= 11 is 17.0. The van der Waals surface area contributed by atoms with Gasteiger partial charge in [-0.15, -0.1) is 0 Å². The zero-order chi connectivity index (χ0) is 14.7. The Morgan fingerprint density at radius 2 is 1.65 bits per heavy atom. The van der Waals surface area contributed by atoms with Crippen molar-refractivity contribution in [3.8, 4) is 0 Å². The number of benzene rings is 1. The number of anilines is 2. The topological polar surface area (TPSA) is 49.8 Å². The standard InChI is InChI=1S/C13H12Cl2N4S/c1-7-5-8(2)17-12(16-7)19-13(20)18-9-3-4-10(14)11(15)6-9/h3-6H,1-2H3,(H2,16,17,18,19,20). The van der Waals surface area contributed by atoms with Crippen LogP contribution in [-0.4, -0.2) is 15.1 Å². The van der Waals surface area contributed by atoms with Gasteiger partial charge in [-0.1, -0.05) is 23.2 Å². The molecule has 0 fully saturated rings. The van der Waals surface area contributed by atoms with Crippen LogP contribution in [-0.2, 0) is 0 Å². The van der Waals surface area contributed by atoms with Gasteiger partial charge in [0.1, 0.15) is 0 Å². The second-order valence-corrected chi connectivity index (χ2v) is 5.40. The maximum atomic E-state index is 5.94. The fourth-order valence-corrected chi connectivity index (χ4v) is 2.13. The van der Waals surface area contributed by atoms with E-state index < -0.39 is 0 Å². The molecular formula is C13H12Cl2N4S. The lowest BCUT2D eigenvalue weighted by Gasteiger charge is -2.10. The minimum absolute atomic E-state index is 0.383. The van der Waals surface area contributed by atoms with E-state index in [-0.39, 0.29) is 0 Å². The fourth-order valence-electron chi connectivity index (χ4n) is 1.62. The molecule has 0 aliphatic rings. The number of nitrogens with one attached hydrogen (secondary N) is 2. The van der Waals surface area contributed by atoms with Crippen LogP contribution in [0.15, 0.2) is 24.3 Å². The van der Waals surface area contributed by atoms with Gasteiger partial charge in [-0.2, -0.15) is 0 Å². The Kier molecular flexibility index (Phi) is 4.75. The Bertz CT molecular complexity index is 641. The quantitative estimate of drug-likeness (QED) is 0.809. The molecule has 1 heterocycles. The molecule has 104 valence electrons. The van der Waals surface area contributed by atoms with E-state index in [9.17, 15) is 0 Å². The Morgan fingerprint density at radius 1 is 1.00 bits per heavy atom. The maximum Gasteiger partial charge on any atom is 0.229 e. The van der Waals surface area contributed by atoms with Crippen molar-refractivity contribution in [2.24, 2.45) is 0 Å². The molecule has 0 aliphatic heterocycles. The Labute approximate surface area is 132 Å². The summed E-state index contributed by atoms with van der Waals surface area (Å²) in [4.78, 5) is 8.50. The molecule has 0 aliphatic carbocycles. The van der Waals surface area contributed by atoms with Gasteiger partial charge in [-0.05, 0) is 50.3 Å². The molecule has 1 aromatic heterocycles. The second-order valence-electron chi connectivity index (χ2n) is 4.18. The van der Waals surface area contributed by atoms with Gasteiger partial charge in [-0.25, -0.2) is 9.97 Å². The van der Waals surface area contributed by atoms with Crippen molar-refractivity contribution < 1.29 is 0 Å². The average Bonchev–Trinajstić information content (AvgIpc) is 2.32. The summed E-state index contributed by atoms with van der Waals surface area (Å²) in [6.45, 7) is 3.80. The van der Waals surface area contributed by atoms with Gasteiger partial charge >= 0.3 is 0 Å². The summed E-state index contributed by atoms with van der Waals surface area (Å²) in [5.74, 6) is 0.458. The minimum atomic E-state index is 0.383. The molecule has 0 unspecified atom stereocenters. The normalized spacial score (nSPS) is 10.2. The lowest BCUT2D eigenvalue weighted by Crippen LogP contribution is -2.21. The molecule has 0 atom stereocenters. The first kappa shape index (κ1) is 15.0. The lowest BCUT2D eigenvalue weighted by atomic mass is 10.3. The molecular weight excluding hydrogens is 315 g/mol. The van der Waals surface area contributed by atoms with Crippen molar-refractivity contribution in [2.45, 2.75) is 13.8 Å². The summed E-state index contributed by atoms with van der Waals surface area (Å²) in [6, 6.07) is 7.06. The lowest BCUT2D eigenvalue weighted by molar-refractivity contribution is 1.07. The van der Waals surface area contributed by atoms with Crippen molar-refractivity contribution in [1.82, 2.24) is 9.97 Å². The van der Waals surface area contributed by atoms with Gasteiger partial charge in [-0.3, -0.25) is 0 Å². The van der Waals surface area contributed by atoms with Crippen LogP contribution in [0.5, 0.6) is 0 Å². The SMILES string of the molecule is Cc1cc(C)nc(NC(=S)Nc2ccc(Cl)c(Cl)c2)n1. The smallest absolute Gasteiger partial charge is 0.229 e. The fraction of sp³-hybridized carbons (Fsp3) is 0.154. The summed E-state index contributed by atoms with van der Waals surface area (Å²) in [5.41, 5.74) is 2.48. The number of aryl methyl sites for hydroxylation is 2. The molecule has 0 saturated heterocycles. The molecule has 1 aromatic carbocycles. The Hall–Kier alpha value is -1.43. The first-order valence-electron chi connectivity index (χ1n) is 5.79. The van der Waals surface area contributed by atoms with Crippen molar-refractivity contribution in [3.05, 3.63) is 45.7 Å². The predicted octanol–water partition coefficient (Wildman–Crippen LogP) is 4.21. The molecule has 2 N–H and O–H groups in total. The number of aromatic nitrogens is 2. The van der Waals surface area contributed by atoms with Crippen molar-refractivity contribution in [1.29, 1.82) is 0 Å². The number of nitrogens with zero attached hydrogens (tertiary/aromatic N) is 2. The van der Waals surface area contributed by atoms with Crippen LogP contribution in [0.2, 0.25) is 10.0 Å². The molecule has 7 heteroatoms. The molecule has 0 amide bonds. The second kappa shape index (κ2) is 6.35. The van der Waals surface area contributed by atoms with Gasteiger partial charge < -0.3 is 10.6 Å². The van der Waals surface area contributed by atoms with E-state index in [4.69, 9.17) is 35.4 Å². The predicted molar refractivity (Wildman–Crippen MR) is 87.8 cm³/mol. The van der Waals surface area contributed by atoms with Crippen molar-refractivity contribution in [2.75, 3.05) is 10.6 Å². The molecule has 0 bridgehead atoms. The number of hydrogen-bond acceptors (Lipinski definition) is 3. The molecule has 0 spiro atoms. The van der Waals surface area contributed by atoms with E-state index in [0.29, 0.717) is 21.1 Å². The van der Waals surface area contributed by atoms with Gasteiger partial charge in [0.05, 0.1) is 10.0 Å². The maximum absolute atomic E-state index is 5.94. The third-order valence-electron chi connectivity index (χ3n) is 2.39. The van der Waals surface area contributed by atoms with Gasteiger partial charge in [0.2, 0.25) is 5.95 Å². The van der Waals surface area contributed by atoms with E-state index >= 15 is 0 Å².